The molecular weight excluding hydrogens is 320 g/mol. The molecule has 0 saturated carbocycles. The highest BCUT2D eigenvalue weighted by atomic mass is 32.2. The van der Waals surface area contributed by atoms with Crippen LogP contribution in [0.4, 0.5) is 5.69 Å². The first-order chi connectivity index (χ1) is 11.7. The average Bonchev–Trinajstić information content (AvgIpc) is 3.00. The third-order valence-electron chi connectivity index (χ3n) is 3.41. The molecule has 0 radical (unpaired) electrons. The van der Waals surface area contributed by atoms with Crippen molar-refractivity contribution < 1.29 is 4.79 Å². The summed E-state index contributed by atoms with van der Waals surface area (Å²) in [6.45, 7) is 4.00. The molecule has 1 aromatic carbocycles. The molecule has 1 N–H and O–H groups in total. The first-order valence-corrected chi connectivity index (χ1v) is 8.68. The number of amides is 1. The molecule has 0 spiro atoms. The minimum atomic E-state index is -0.245. The number of hydrogen-bond acceptors (Lipinski definition) is 4. The summed E-state index contributed by atoms with van der Waals surface area (Å²) in [4.78, 5) is 16.7. The zero-order valence-electron chi connectivity index (χ0n) is 13.6. The third kappa shape index (κ3) is 3.65. The first-order valence-electron chi connectivity index (χ1n) is 7.69. The van der Waals surface area contributed by atoms with Crippen LogP contribution in [0.15, 0.2) is 59.8 Å². The summed E-state index contributed by atoms with van der Waals surface area (Å²) in [5.41, 5.74) is 2.87. The van der Waals surface area contributed by atoms with E-state index in [1.54, 1.807) is 28.7 Å². The van der Waals surface area contributed by atoms with Crippen molar-refractivity contribution in [3.8, 4) is 5.69 Å². The van der Waals surface area contributed by atoms with Crippen LogP contribution >= 0.6 is 11.8 Å². The average molecular weight is 338 g/mol. The van der Waals surface area contributed by atoms with Gasteiger partial charge in [-0.2, -0.15) is 5.10 Å². The first kappa shape index (κ1) is 16.3. The van der Waals surface area contributed by atoms with Crippen molar-refractivity contribution in [2.24, 2.45) is 0 Å². The lowest BCUT2D eigenvalue weighted by Crippen LogP contribution is -2.13. The zero-order valence-corrected chi connectivity index (χ0v) is 14.4. The normalized spacial score (nSPS) is 10.6. The molecule has 3 rings (SSSR count). The number of benzene rings is 1. The third-order valence-corrected chi connectivity index (χ3v) is 4.23. The second-order valence-electron chi connectivity index (χ2n) is 5.19. The largest absolute Gasteiger partial charge is 0.319 e. The molecule has 0 unspecified atom stereocenters. The minimum Gasteiger partial charge on any atom is -0.319 e. The molecule has 122 valence electrons. The van der Waals surface area contributed by atoms with Gasteiger partial charge in [0.15, 0.2) is 5.69 Å². The number of aromatic nitrogens is 3. The highest BCUT2D eigenvalue weighted by Gasteiger charge is 2.13. The number of carbonyl (C=O) groups excluding carboxylic acids is 1. The number of hydrogen-bond donors (Lipinski definition) is 1. The van der Waals surface area contributed by atoms with Crippen molar-refractivity contribution in [1.29, 1.82) is 0 Å². The monoisotopic (exact) mass is 338 g/mol. The SMILES string of the molecule is CCSc1ccc(NC(=O)c2cc(C)n(-c3ccccc3)n2)cn1. The number of nitrogens with zero attached hydrogens (tertiary/aromatic N) is 3. The van der Waals surface area contributed by atoms with Gasteiger partial charge in [0, 0.05) is 5.69 Å². The van der Waals surface area contributed by atoms with E-state index in [2.05, 4.69) is 22.3 Å². The van der Waals surface area contributed by atoms with Crippen LogP contribution < -0.4 is 5.32 Å². The van der Waals surface area contributed by atoms with Crippen molar-refractivity contribution in [3.63, 3.8) is 0 Å². The Labute approximate surface area is 145 Å². The Kier molecular flexibility index (Phi) is 4.96. The van der Waals surface area contributed by atoms with Crippen LogP contribution in [0.1, 0.15) is 23.1 Å². The molecule has 2 aromatic heterocycles. The highest BCUT2D eigenvalue weighted by Crippen LogP contribution is 2.17. The second kappa shape index (κ2) is 7.31. The maximum atomic E-state index is 12.4. The summed E-state index contributed by atoms with van der Waals surface area (Å²) in [6, 6.07) is 15.3. The van der Waals surface area contributed by atoms with Crippen molar-refractivity contribution in [2.75, 3.05) is 11.1 Å². The van der Waals surface area contributed by atoms with E-state index in [1.807, 2.05) is 49.4 Å². The Morgan fingerprint density at radius 2 is 2.00 bits per heavy atom. The lowest BCUT2D eigenvalue weighted by molar-refractivity contribution is 0.102. The summed E-state index contributed by atoms with van der Waals surface area (Å²) in [7, 11) is 0. The van der Waals surface area contributed by atoms with Gasteiger partial charge in [-0.3, -0.25) is 4.79 Å². The van der Waals surface area contributed by atoms with Crippen LogP contribution in [0.25, 0.3) is 5.69 Å². The molecule has 0 atom stereocenters. The number of carbonyl (C=O) groups is 1. The van der Waals surface area contributed by atoms with Crippen LogP contribution in [0.3, 0.4) is 0 Å². The molecule has 2 heterocycles. The summed E-state index contributed by atoms with van der Waals surface area (Å²) in [5.74, 6) is 0.722. The van der Waals surface area contributed by atoms with E-state index in [9.17, 15) is 4.79 Å². The maximum absolute atomic E-state index is 12.4. The molecule has 0 fully saturated rings. The Morgan fingerprint density at radius 1 is 1.21 bits per heavy atom. The quantitative estimate of drug-likeness (QED) is 0.716. The van der Waals surface area contributed by atoms with E-state index in [4.69, 9.17) is 0 Å². The number of anilines is 1. The Hall–Kier alpha value is -2.60. The van der Waals surface area contributed by atoms with Crippen molar-refractivity contribution in [3.05, 3.63) is 66.1 Å². The number of thioether (sulfide) groups is 1. The van der Waals surface area contributed by atoms with Gasteiger partial charge >= 0.3 is 0 Å². The Balaban J connectivity index is 1.76. The van der Waals surface area contributed by atoms with Crippen LogP contribution in [0, 0.1) is 6.92 Å². The van der Waals surface area contributed by atoms with Crippen molar-refractivity contribution in [1.82, 2.24) is 14.8 Å². The summed E-state index contributed by atoms with van der Waals surface area (Å²) in [5, 5.41) is 8.18. The second-order valence-corrected chi connectivity index (χ2v) is 6.47. The lowest BCUT2D eigenvalue weighted by Gasteiger charge is -2.04. The van der Waals surface area contributed by atoms with Gasteiger partial charge in [0.2, 0.25) is 0 Å². The molecule has 5 nitrogen and oxygen atoms in total. The maximum Gasteiger partial charge on any atom is 0.276 e. The van der Waals surface area contributed by atoms with E-state index < -0.39 is 0 Å². The number of rotatable bonds is 5. The van der Waals surface area contributed by atoms with Gasteiger partial charge in [-0.25, -0.2) is 9.67 Å². The van der Waals surface area contributed by atoms with Crippen LogP contribution in [-0.4, -0.2) is 26.4 Å². The molecular formula is C18H18N4OS. The number of pyridine rings is 1. The van der Waals surface area contributed by atoms with Crippen LogP contribution in [0.2, 0.25) is 0 Å². The van der Waals surface area contributed by atoms with E-state index in [0.717, 1.165) is 22.2 Å². The number of aryl methyl sites for hydroxylation is 1. The molecule has 24 heavy (non-hydrogen) atoms. The van der Waals surface area contributed by atoms with Gasteiger partial charge in [0.25, 0.3) is 5.91 Å². The number of nitrogens with one attached hydrogen (secondary N) is 1. The molecule has 0 saturated heterocycles. The van der Waals surface area contributed by atoms with Crippen LogP contribution in [0.5, 0.6) is 0 Å². The number of para-hydroxylation sites is 1. The molecule has 6 heteroatoms. The topological polar surface area (TPSA) is 59.8 Å². The Bertz CT molecular complexity index is 828. The van der Waals surface area contributed by atoms with Gasteiger partial charge in [-0.05, 0) is 43.0 Å². The van der Waals surface area contributed by atoms with E-state index in [0.29, 0.717) is 11.4 Å². The summed E-state index contributed by atoms with van der Waals surface area (Å²) < 4.78 is 1.76. The molecule has 0 aliphatic heterocycles. The smallest absolute Gasteiger partial charge is 0.276 e. The standard InChI is InChI=1S/C18H18N4OS/c1-3-24-17-10-9-14(12-19-17)20-18(23)16-11-13(2)22(21-16)15-7-5-4-6-8-15/h4-12H,3H2,1-2H3,(H,20,23). The molecule has 3 aromatic rings. The summed E-state index contributed by atoms with van der Waals surface area (Å²) in [6.07, 6.45) is 1.66. The molecule has 0 aliphatic carbocycles. The minimum absolute atomic E-state index is 0.245. The highest BCUT2D eigenvalue weighted by molar-refractivity contribution is 7.99. The van der Waals surface area contributed by atoms with Gasteiger partial charge in [-0.1, -0.05) is 25.1 Å². The predicted octanol–water partition coefficient (Wildman–Crippen LogP) is 3.94. The van der Waals surface area contributed by atoms with E-state index in [1.165, 1.54) is 0 Å². The molecule has 0 aliphatic rings. The molecule has 1 amide bonds. The van der Waals surface area contributed by atoms with Crippen molar-refractivity contribution >= 4 is 23.4 Å². The van der Waals surface area contributed by atoms with E-state index >= 15 is 0 Å². The van der Waals surface area contributed by atoms with Gasteiger partial charge in [0.1, 0.15) is 0 Å². The fraction of sp³-hybridized carbons (Fsp3) is 0.167. The molecule has 0 bridgehead atoms. The van der Waals surface area contributed by atoms with Gasteiger partial charge < -0.3 is 5.32 Å². The van der Waals surface area contributed by atoms with Crippen molar-refractivity contribution in [2.45, 2.75) is 18.9 Å². The fourth-order valence-electron chi connectivity index (χ4n) is 2.30. The lowest BCUT2D eigenvalue weighted by atomic mass is 10.3. The van der Waals surface area contributed by atoms with Gasteiger partial charge in [0.05, 0.1) is 22.6 Å². The zero-order chi connectivity index (χ0) is 16.9. The summed E-state index contributed by atoms with van der Waals surface area (Å²) >= 11 is 1.66. The van der Waals surface area contributed by atoms with Gasteiger partial charge in [-0.15, -0.1) is 11.8 Å². The predicted molar refractivity (Wildman–Crippen MR) is 96.9 cm³/mol. The Morgan fingerprint density at radius 3 is 2.67 bits per heavy atom. The van der Waals surface area contributed by atoms with E-state index in [-0.39, 0.29) is 5.91 Å². The van der Waals surface area contributed by atoms with Crippen LogP contribution in [-0.2, 0) is 0 Å². The fourth-order valence-corrected chi connectivity index (χ4v) is 2.89.